The third kappa shape index (κ3) is 4.12. The summed E-state index contributed by atoms with van der Waals surface area (Å²) in [5.74, 6) is 0.719. The zero-order chi connectivity index (χ0) is 16.1. The number of para-hydroxylation sites is 1. The lowest BCUT2D eigenvalue weighted by Gasteiger charge is -2.20. The third-order valence-corrected chi connectivity index (χ3v) is 4.40. The van der Waals surface area contributed by atoms with Crippen LogP contribution in [0.5, 0.6) is 0 Å². The van der Waals surface area contributed by atoms with Crippen LogP contribution in [0, 0.1) is 5.92 Å². The molecule has 23 heavy (non-hydrogen) atoms. The Morgan fingerprint density at radius 2 is 2.09 bits per heavy atom. The van der Waals surface area contributed by atoms with Gasteiger partial charge in [-0.3, -0.25) is 0 Å². The molecule has 5 nitrogen and oxygen atoms in total. The van der Waals surface area contributed by atoms with Crippen LogP contribution in [0.2, 0.25) is 0 Å². The van der Waals surface area contributed by atoms with Crippen LogP contribution in [-0.4, -0.2) is 33.8 Å². The van der Waals surface area contributed by atoms with Crippen molar-refractivity contribution in [3.05, 3.63) is 48.3 Å². The maximum absolute atomic E-state index is 12.3. The molecule has 1 aromatic heterocycles. The summed E-state index contributed by atoms with van der Waals surface area (Å²) in [6.45, 7) is 4.49. The van der Waals surface area contributed by atoms with E-state index in [0.717, 1.165) is 43.1 Å². The summed E-state index contributed by atoms with van der Waals surface area (Å²) < 4.78 is 1.83. The molecule has 122 valence electrons. The molecule has 1 fully saturated rings. The molecule has 5 heteroatoms. The molecule has 1 atom stereocenters. The average Bonchev–Trinajstić information content (AvgIpc) is 2.95. The second-order valence-corrected chi connectivity index (χ2v) is 6.31. The number of nitrogens with one attached hydrogen (secondary N) is 1. The van der Waals surface area contributed by atoms with Crippen LogP contribution in [0.4, 0.5) is 4.79 Å². The van der Waals surface area contributed by atoms with Crippen molar-refractivity contribution >= 4 is 6.03 Å². The summed E-state index contributed by atoms with van der Waals surface area (Å²) in [7, 11) is 0. The molecule has 0 aliphatic carbocycles. The highest BCUT2D eigenvalue weighted by molar-refractivity contribution is 5.74. The number of nitrogens with zero attached hydrogens (tertiary/aromatic N) is 3. The van der Waals surface area contributed by atoms with E-state index < -0.39 is 0 Å². The number of carbonyl (C=O) groups is 1. The van der Waals surface area contributed by atoms with E-state index in [2.05, 4.69) is 17.3 Å². The van der Waals surface area contributed by atoms with Gasteiger partial charge in [0.15, 0.2) is 0 Å². The quantitative estimate of drug-likeness (QED) is 0.946. The maximum atomic E-state index is 12.3. The fourth-order valence-electron chi connectivity index (χ4n) is 2.93. The summed E-state index contributed by atoms with van der Waals surface area (Å²) in [6, 6.07) is 10.0. The Bertz CT molecular complexity index is 637. The van der Waals surface area contributed by atoms with Gasteiger partial charge >= 0.3 is 6.03 Å². The lowest BCUT2D eigenvalue weighted by molar-refractivity contribution is 0.199. The Kier molecular flexibility index (Phi) is 4.95. The van der Waals surface area contributed by atoms with Gasteiger partial charge in [0.1, 0.15) is 0 Å². The van der Waals surface area contributed by atoms with Crippen LogP contribution in [0.1, 0.15) is 31.7 Å². The molecule has 1 saturated heterocycles. The van der Waals surface area contributed by atoms with Crippen LogP contribution in [0.25, 0.3) is 5.69 Å². The normalized spacial score (nSPS) is 18.5. The fourth-order valence-corrected chi connectivity index (χ4v) is 2.93. The highest BCUT2D eigenvalue weighted by Gasteiger charge is 2.18. The zero-order valence-corrected chi connectivity index (χ0v) is 13.6. The molecule has 1 aliphatic heterocycles. The van der Waals surface area contributed by atoms with Gasteiger partial charge in [0.25, 0.3) is 0 Å². The molecule has 1 aromatic carbocycles. The molecule has 0 saturated carbocycles. The second kappa shape index (κ2) is 7.31. The number of carbonyl (C=O) groups excluding carboxylic acids is 1. The molecule has 0 radical (unpaired) electrons. The fraction of sp³-hybridized carbons (Fsp3) is 0.444. The number of amides is 2. The Hall–Kier alpha value is -2.30. The highest BCUT2D eigenvalue weighted by Crippen LogP contribution is 2.16. The number of benzene rings is 1. The summed E-state index contributed by atoms with van der Waals surface area (Å²) in [5, 5.41) is 7.36. The van der Waals surface area contributed by atoms with E-state index >= 15 is 0 Å². The average molecular weight is 312 g/mol. The van der Waals surface area contributed by atoms with Gasteiger partial charge < -0.3 is 10.2 Å². The van der Waals surface area contributed by atoms with Crippen molar-refractivity contribution < 1.29 is 4.79 Å². The van der Waals surface area contributed by atoms with Crippen molar-refractivity contribution in [1.82, 2.24) is 20.0 Å². The van der Waals surface area contributed by atoms with Crippen molar-refractivity contribution in [2.24, 2.45) is 5.92 Å². The number of aromatic nitrogens is 2. The smallest absolute Gasteiger partial charge is 0.317 e. The highest BCUT2D eigenvalue weighted by atomic mass is 16.2. The topological polar surface area (TPSA) is 50.2 Å². The lowest BCUT2D eigenvalue weighted by Crippen LogP contribution is -2.40. The van der Waals surface area contributed by atoms with E-state index in [1.807, 2.05) is 46.1 Å². The van der Waals surface area contributed by atoms with Crippen LogP contribution in [0.3, 0.4) is 0 Å². The van der Waals surface area contributed by atoms with E-state index in [1.54, 1.807) is 6.20 Å². The summed E-state index contributed by atoms with van der Waals surface area (Å²) >= 11 is 0. The predicted octanol–water partition coefficient (Wildman–Crippen LogP) is 3.20. The molecule has 2 amide bonds. The monoisotopic (exact) mass is 312 g/mol. The molecule has 3 rings (SSSR count). The van der Waals surface area contributed by atoms with Crippen molar-refractivity contribution in [2.45, 2.75) is 32.7 Å². The molecular weight excluding hydrogens is 288 g/mol. The third-order valence-electron chi connectivity index (χ3n) is 4.40. The SMILES string of the molecule is C[C@@H]1CCCN(C(=O)NCc2cnn(-c3ccccc3)c2)CC1. The number of urea groups is 1. The Balaban J connectivity index is 1.54. The largest absolute Gasteiger partial charge is 0.334 e. The van der Waals surface area contributed by atoms with Crippen LogP contribution < -0.4 is 5.32 Å². The van der Waals surface area contributed by atoms with Gasteiger partial charge in [0.2, 0.25) is 0 Å². The molecule has 0 unspecified atom stereocenters. The van der Waals surface area contributed by atoms with Gasteiger partial charge in [-0.15, -0.1) is 0 Å². The number of rotatable bonds is 3. The first-order valence-electron chi connectivity index (χ1n) is 8.34. The van der Waals surface area contributed by atoms with Gasteiger partial charge in [-0.25, -0.2) is 9.48 Å². The Morgan fingerprint density at radius 3 is 2.91 bits per heavy atom. The Morgan fingerprint density at radius 1 is 1.26 bits per heavy atom. The first-order chi connectivity index (χ1) is 11.2. The van der Waals surface area contributed by atoms with Gasteiger partial charge in [-0.2, -0.15) is 5.10 Å². The van der Waals surface area contributed by atoms with Crippen molar-refractivity contribution in [1.29, 1.82) is 0 Å². The van der Waals surface area contributed by atoms with E-state index in [9.17, 15) is 4.79 Å². The number of hydrogen-bond acceptors (Lipinski definition) is 2. The lowest BCUT2D eigenvalue weighted by atomic mass is 10.0. The minimum Gasteiger partial charge on any atom is -0.334 e. The molecular formula is C18H24N4O. The van der Waals surface area contributed by atoms with Gasteiger partial charge in [-0.05, 0) is 37.3 Å². The standard InChI is InChI=1S/C18H24N4O/c1-15-6-5-10-21(11-9-15)18(23)19-12-16-13-20-22(14-16)17-7-3-2-4-8-17/h2-4,7-8,13-15H,5-6,9-12H2,1H3,(H,19,23)/t15-/m1/s1. The van der Waals surface area contributed by atoms with Crippen molar-refractivity contribution in [3.63, 3.8) is 0 Å². The predicted molar refractivity (Wildman–Crippen MR) is 90.4 cm³/mol. The molecule has 1 N–H and O–H groups in total. The molecule has 2 aromatic rings. The van der Waals surface area contributed by atoms with E-state index in [0.29, 0.717) is 6.54 Å². The first-order valence-corrected chi connectivity index (χ1v) is 8.34. The minimum atomic E-state index is 0.0339. The maximum Gasteiger partial charge on any atom is 0.317 e. The van der Waals surface area contributed by atoms with Gasteiger partial charge in [0.05, 0.1) is 11.9 Å². The van der Waals surface area contributed by atoms with E-state index in [4.69, 9.17) is 0 Å². The Labute approximate surface area is 137 Å². The van der Waals surface area contributed by atoms with Crippen LogP contribution >= 0.6 is 0 Å². The van der Waals surface area contributed by atoms with Crippen LogP contribution in [0.15, 0.2) is 42.7 Å². The molecule has 0 spiro atoms. The summed E-state index contributed by atoms with van der Waals surface area (Å²) in [6.07, 6.45) is 7.17. The molecule has 2 heterocycles. The van der Waals surface area contributed by atoms with E-state index in [1.165, 1.54) is 6.42 Å². The van der Waals surface area contributed by atoms with Crippen LogP contribution in [-0.2, 0) is 6.54 Å². The van der Waals surface area contributed by atoms with E-state index in [-0.39, 0.29) is 6.03 Å². The number of hydrogen-bond donors (Lipinski definition) is 1. The van der Waals surface area contributed by atoms with Gasteiger partial charge in [0, 0.05) is 31.4 Å². The minimum absolute atomic E-state index is 0.0339. The summed E-state index contributed by atoms with van der Waals surface area (Å²) in [5.41, 5.74) is 2.02. The van der Waals surface area contributed by atoms with Crippen molar-refractivity contribution in [3.8, 4) is 5.69 Å². The summed E-state index contributed by atoms with van der Waals surface area (Å²) in [4.78, 5) is 14.2. The van der Waals surface area contributed by atoms with Crippen molar-refractivity contribution in [2.75, 3.05) is 13.1 Å². The van der Waals surface area contributed by atoms with Gasteiger partial charge in [-0.1, -0.05) is 25.1 Å². The molecule has 1 aliphatic rings. The first kappa shape index (κ1) is 15.6. The zero-order valence-electron chi connectivity index (χ0n) is 13.6. The molecule has 0 bridgehead atoms. The second-order valence-electron chi connectivity index (χ2n) is 6.31. The number of likely N-dealkylation sites (tertiary alicyclic amines) is 1.